The molecule has 0 aliphatic heterocycles. The molecule has 2 amide bonds. The Labute approximate surface area is 409 Å². The minimum Gasteiger partial charge on any atom is -0.870 e. The molecule has 13 nitrogen and oxygen atoms in total. The molecule has 0 atom stereocenters. The van der Waals surface area contributed by atoms with Crippen molar-refractivity contribution in [3.05, 3.63) is 122 Å². The van der Waals surface area contributed by atoms with Crippen molar-refractivity contribution in [2.45, 2.75) is 45.7 Å². The molecule has 2 aromatic heterocycles. The van der Waals surface area contributed by atoms with E-state index >= 15 is 0 Å². The molecule has 2 aliphatic rings. The molecule has 0 spiro atoms. The first-order valence-electron chi connectivity index (χ1n) is 19.4. The Bertz CT molecular complexity index is 2690. The fourth-order valence-corrected chi connectivity index (χ4v) is 8.35. The molecule has 0 saturated carbocycles. The average molecular weight is 908 g/mol. The molecule has 0 radical (unpaired) electrons. The summed E-state index contributed by atoms with van der Waals surface area (Å²) < 4.78 is 0.438. The number of amides is 2. The number of halogens is 1. The molecule has 312 valence electrons. The largest absolute Gasteiger partial charge is 1.00 e. The van der Waals surface area contributed by atoms with Crippen LogP contribution in [0.5, 0.6) is 0 Å². The number of imidazole rings is 2. The number of carbonyl (C=O) groups excluding carboxylic acids is 6. The van der Waals surface area contributed by atoms with E-state index < -0.39 is 0 Å². The van der Waals surface area contributed by atoms with Gasteiger partial charge in [-0.25, -0.2) is 4.98 Å². The van der Waals surface area contributed by atoms with E-state index in [1.165, 1.54) is 11.8 Å². The number of aromatic amines is 3. The summed E-state index contributed by atoms with van der Waals surface area (Å²) in [5, 5.41) is 0.639. The Morgan fingerprint density at radius 3 is 1.59 bits per heavy atom. The number of thioether (sulfide) groups is 1. The molecule has 0 unspecified atom stereocenters. The second kappa shape index (κ2) is 22.3. The number of nitrogens with one attached hydrogen (secondary N) is 3. The summed E-state index contributed by atoms with van der Waals surface area (Å²) in [5.74, 6) is 0.680. The summed E-state index contributed by atoms with van der Waals surface area (Å²) in [5.41, 5.74) is 5.87. The van der Waals surface area contributed by atoms with Gasteiger partial charge in [-0.3, -0.25) is 28.8 Å². The van der Waals surface area contributed by atoms with Gasteiger partial charge in [-0.15, -0.1) is 11.6 Å². The summed E-state index contributed by atoms with van der Waals surface area (Å²) in [6.45, 7) is 10.8. The van der Waals surface area contributed by atoms with E-state index in [0.717, 1.165) is 18.6 Å². The summed E-state index contributed by atoms with van der Waals surface area (Å²) in [4.78, 5) is 91.5. The fraction of sp³-hybridized carbons (Fsp3) is 0.273. The summed E-state index contributed by atoms with van der Waals surface area (Å²) >= 11 is 11.9. The van der Waals surface area contributed by atoms with E-state index in [-0.39, 0.29) is 91.8 Å². The monoisotopic (exact) mass is 906 g/mol. The third-order valence-electron chi connectivity index (χ3n) is 10.2. The molecule has 4 aromatic carbocycles. The predicted molar refractivity (Wildman–Crippen MR) is 235 cm³/mol. The van der Waals surface area contributed by atoms with Gasteiger partial charge in [0.2, 0.25) is 11.8 Å². The summed E-state index contributed by atoms with van der Waals surface area (Å²) in [6, 6.07) is 20.7. The van der Waals surface area contributed by atoms with Crippen molar-refractivity contribution in [2.75, 3.05) is 37.8 Å². The van der Waals surface area contributed by atoms with Crippen LogP contribution in [0.3, 0.4) is 0 Å². The Kier molecular flexibility index (Phi) is 18.1. The zero-order valence-corrected chi connectivity index (χ0v) is 40.0. The van der Waals surface area contributed by atoms with Crippen LogP contribution in [0.1, 0.15) is 104 Å². The second-order valence-electron chi connectivity index (χ2n) is 13.5. The van der Waals surface area contributed by atoms with Crippen LogP contribution in [0.2, 0.25) is 0 Å². The fourth-order valence-electron chi connectivity index (χ4n) is 7.17. The average Bonchev–Trinajstić information content (AvgIpc) is 3.85. The van der Waals surface area contributed by atoms with Crippen LogP contribution in [-0.4, -0.2) is 108 Å². The molecule has 8 rings (SSSR count). The molecule has 17 heteroatoms. The number of ketones is 4. The Hall–Kier alpha value is -4.10. The summed E-state index contributed by atoms with van der Waals surface area (Å²) in [6.07, 6.45) is 0.884. The summed E-state index contributed by atoms with van der Waals surface area (Å²) in [7, 11) is 0. The van der Waals surface area contributed by atoms with Crippen molar-refractivity contribution >= 4 is 92.6 Å². The Morgan fingerprint density at radius 1 is 0.623 bits per heavy atom. The van der Waals surface area contributed by atoms with E-state index in [1.807, 2.05) is 27.7 Å². The molecule has 2 aliphatic carbocycles. The van der Waals surface area contributed by atoms with Gasteiger partial charge in [0.05, 0.1) is 27.7 Å². The number of aromatic nitrogens is 4. The van der Waals surface area contributed by atoms with Gasteiger partial charge in [-0.05, 0) is 64.2 Å². The van der Waals surface area contributed by atoms with Crippen molar-refractivity contribution in [2.24, 2.45) is 0 Å². The maximum Gasteiger partial charge on any atom is 1.00 e. The molecule has 0 saturated heterocycles. The number of benzene rings is 4. The third kappa shape index (κ3) is 10.4. The molecule has 2 heterocycles. The quantitative estimate of drug-likeness (QED) is 0.0727. The number of alkyl halides is 1. The molecular weight excluding hydrogens is 863 g/mol. The van der Waals surface area contributed by atoms with Crippen molar-refractivity contribution in [1.29, 1.82) is 0 Å². The number of hydrogen-bond acceptors (Lipinski definition) is 10. The first kappa shape index (κ1) is 49.6. The van der Waals surface area contributed by atoms with Crippen LogP contribution in [0.25, 0.3) is 22.1 Å². The van der Waals surface area contributed by atoms with E-state index in [4.69, 9.17) is 23.8 Å². The van der Waals surface area contributed by atoms with Crippen LogP contribution >= 0.6 is 35.6 Å². The van der Waals surface area contributed by atoms with Gasteiger partial charge < -0.3 is 30.2 Å². The maximum atomic E-state index is 13.1. The van der Waals surface area contributed by atoms with Gasteiger partial charge in [0.25, 0.3) is 0 Å². The van der Waals surface area contributed by atoms with E-state index in [0.29, 0.717) is 109 Å². The SMILES string of the molecule is CCN(CC)C(=O)CCCl.CCN(CC)C(=O)CCSc1nc2c3c(ccc2[nH]1)C(=O)c1ccccc1C3=O.O=C1c2ccccc2C(=O)c2c1ccc1[nH]c(=S)[nH]c21.[K+].[OH-]. The first-order valence-corrected chi connectivity index (χ1v) is 21.3. The second-order valence-corrected chi connectivity index (χ2v) is 15.4. The normalized spacial score (nSPS) is 12.0. The van der Waals surface area contributed by atoms with Gasteiger partial charge in [0.15, 0.2) is 33.1 Å². The minimum absolute atomic E-state index is 0. The van der Waals surface area contributed by atoms with E-state index in [2.05, 4.69) is 19.9 Å². The van der Waals surface area contributed by atoms with Crippen molar-refractivity contribution in [1.82, 2.24) is 29.7 Å². The van der Waals surface area contributed by atoms with Crippen LogP contribution < -0.4 is 51.4 Å². The van der Waals surface area contributed by atoms with Crippen molar-refractivity contribution in [3.63, 3.8) is 0 Å². The van der Waals surface area contributed by atoms with Gasteiger partial charge >= 0.3 is 51.4 Å². The van der Waals surface area contributed by atoms with Crippen LogP contribution in [0.15, 0.2) is 78.0 Å². The van der Waals surface area contributed by atoms with Crippen molar-refractivity contribution in [3.8, 4) is 0 Å². The van der Waals surface area contributed by atoms with Crippen molar-refractivity contribution < 1.29 is 85.6 Å². The number of hydrogen-bond donors (Lipinski definition) is 3. The molecular formula is C44H44ClKN6O7S2. The van der Waals surface area contributed by atoms with Gasteiger partial charge in [-0.2, -0.15) is 0 Å². The molecule has 61 heavy (non-hydrogen) atoms. The third-order valence-corrected chi connectivity index (χ3v) is 11.5. The van der Waals surface area contributed by atoms with Gasteiger partial charge in [0, 0.05) is 84.0 Å². The van der Waals surface area contributed by atoms with Crippen LogP contribution in [0, 0.1) is 4.77 Å². The molecule has 0 bridgehead atoms. The van der Waals surface area contributed by atoms with Crippen LogP contribution in [0.4, 0.5) is 0 Å². The minimum atomic E-state index is -0.180. The van der Waals surface area contributed by atoms with Gasteiger partial charge in [0.1, 0.15) is 5.52 Å². The zero-order chi connectivity index (χ0) is 42.4. The smallest absolute Gasteiger partial charge is 0.870 e. The maximum absolute atomic E-state index is 13.1. The van der Waals surface area contributed by atoms with E-state index in [1.54, 1.807) is 82.6 Å². The molecule has 0 fully saturated rings. The zero-order valence-electron chi connectivity index (χ0n) is 34.5. The van der Waals surface area contributed by atoms with Crippen LogP contribution in [-0.2, 0) is 9.59 Å². The number of rotatable bonds is 10. The Balaban J connectivity index is 0.000000222. The number of carbonyl (C=O) groups is 6. The topological polar surface area (TPSA) is 199 Å². The Morgan fingerprint density at radius 2 is 1.08 bits per heavy atom. The van der Waals surface area contributed by atoms with E-state index in [9.17, 15) is 28.8 Å². The number of nitrogens with zero attached hydrogens (tertiary/aromatic N) is 3. The predicted octanol–water partition coefficient (Wildman–Crippen LogP) is 5.00. The van der Waals surface area contributed by atoms with Gasteiger partial charge in [-0.1, -0.05) is 60.3 Å². The molecule has 4 N–H and O–H groups in total. The number of fused-ring (bicyclic) bond motifs is 8. The standard InChI is InChI=1S/C22H21N3O3S.C15H8N2O2S.C7H14ClNO.K.H2O/c1-3-25(4-2)17(26)11-12-29-22-23-16-10-9-15-18(19(16)24-22)21(28)14-8-6-5-7-13(14)20(15)27;18-13-7-3-1-2-4-8(7)14(19)11-9(13)5-6-10-12(11)17-15(20)16-10;1-3-9(4-2)7(10)5-6-8;;/h5-10H,3-4,11-12H2,1-2H3,(H,23,24);1-6H,(H2,16,17,20);3-6H2,1-2H3;;1H2/q;;;+1;/p-1. The number of H-pyrrole nitrogens is 3. The first-order chi connectivity index (χ1) is 28.5. The molecule has 6 aromatic rings.